The number of carbonyl (C=O) groups is 1. The summed E-state index contributed by atoms with van der Waals surface area (Å²) in [6, 6.07) is 15.4. The van der Waals surface area contributed by atoms with Gasteiger partial charge in [-0.3, -0.25) is 14.4 Å². The Morgan fingerprint density at radius 2 is 1.84 bits per heavy atom. The van der Waals surface area contributed by atoms with Gasteiger partial charge < -0.3 is 14.7 Å². The van der Waals surface area contributed by atoms with Gasteiger partial charge in [0.2, 0.25) is 0 Å². The quantitative estimate of drug-likeness (QED) is 0.357. The van der Waals surface area contributed by atoms with E-state index in [0.29, 0.717) is 11.6 Å². The van der Waals surface area contributed by atoms with Crippen LogP contribution in [-0.2, 0) is 4.79 Å². The number of fused-ring (bicyclic) bond motifs is 3. The second-order valence-corrected chi connectivity index (χ2v) is 10.5. The summed E-state index contributed by atoms with van der Waals surface area (Å²) in [6.45, 7) is 7.74. The Bertz CT molecular complexity index is 1520. The van der Waals surface area contributed by atoms with Gasteiger partial charge in [-0.1, -0.05) is 18.2 Å². The molecular weight excluding hydrogens is 486 g/mol. The Morgan fingerprint density at radius 1 is 1.11 bits per heavy atom. The van der Waals surface area contributed by atoms with Crippen LogP contribution in [0, 0.1) is 26.7 Å². The van der Waals surface area contributed by atoms with E-state index in [0.717, 1.165) is 44.5 Å². The molecule has 0 spiro atoms. The maximum Gasteiger partial charge on any atom is 0.308 e. The molecule has 0 saturated carbocycles. The lowest BCUT2D eigenvalue weighted by Gasteiger charge is -2.21. The Kier molecular flexibility index (Phi) is 6.33. The highest BCUT2D eigenvalue weighted by Crippen LogP contribution is 2.41. The Morgan fingerprint density at radius 3 is 2.51 bits per heavy atom. The van der Waals surface area contributed by atoms with E-state index in [4.69, 9.17) is 9.73 Å². The number of methoxy groups -OCH3 is 1. The number of aliphatic imine (C=N–C) groups is 1. The maximum atomic E-state index is 12.1. The summed E-state index contributed by atoms with van der Waals surface area (Å²) in [5, 5.41) is 19.5. The molecule has 1 N–H and O–H groups in total. The third-order valence-electron chi connectivity index (χ3n) is 7.02. The van der Waals surface area contributed by atoms with Crippen molar-refractivity contribution in [1.82, 2.24) is 14.8 Å². The van der Waals surface area contributed by atoms with E-state index in [9.17, 15) is 9.90 Å². The first kappa shape index (κ1) is 24.7. The number of carboxylic acids is 1. The summed E-state index contributed by atoms with van der Waals surface area (Å²) >= 11 is 1.66. The van der Waals surface area contributed by atoms with Crippen LogP contribution < -0.4 is 9.64 Å². The first-order chi connectivity index (χ1) is 17.7. The lowest BCUT2D eigenvalue weighted by molar-refractivity contribution is -0.141. The van der Waals surface area contributed by atoms with Crippen LogP contribution >= 0.6 is 11.3 Å². The first-order valence-corrected chi connectivity index (χ1v) is 12.8. The van der Waals surface area contributed by atoms with Crippen molar-refractivity contribution < 1.29 is 14.6 Å². The lowest BCUT2D eigenvalue weighted by atomic mass is 9.98. The molecule has 0 radical (unpaired) electrons. The van der Waals surface area contributed by atoms with Crippen LogP contribution in [0.4, 0.5) is 11.4 Å². The number of aryl methyl sites for hydroxylation is 2. The predicted molar refractivity (Wildman–Crippen MR) is 146 cm³/mol. The molecule has 37 heavy (non-hydrogen) atoms. The SMILES string of the molecule is COc1cccc(N(C)c2ccc(C3=N[C@@H](C(C)C(=O)O)c4nnc(C)n4-c4sc(C)c(C)c43)cc2)c1. The molecule has 4 aromatic rings. The standard InChI is InChI=1S/C28H29N5O3S/c1-15-17(3)37-27-23(15)25(29-24(16(2)28(34)35)26-31-30-18(4)33(26)27)19-10-12-20(13-11-19)32(5)21-8-7-9-22(14-21)36-6/h7-14,16,24H,1-6H3,(H,34,35)/t16?,24-/m0/s1. The van der Waals surface area contributed by atoms with Gasteiger partial charge in [-0.15, -0.1) is 21.5 Å². The molecule has 2 aromatic carbocycles. The minimum absolute atomic E-state index is 0.555. The largest absolute Gasteiger partial charge is 0.497 e. The molecule has 1 aliphatic heterocycles. The van der Waals surface area contributed by atoms with Gasteiger partial charge in [0.1, 0.15) is 22.6 Å². The highest BCUT2D eigenvalue weighted by atomic mass is 32.1. The number of ether oxygens (including phenoxy) is 1. The zero-order valence-corrected chi connectivity index (χ0v) is 22.5. The number of aliphatic carboxylic acids is 1. The molecule has 0 amide bonds. The predicted octanol–water partition coefficient (Wildman–Crippen LogP) is 5.64. The van der Waals surface area contributed by atoms with Crippen molar-refractivity contribution in [2.45, 2.75) is 33.7 Å². The minimum Gasteiger partial charge on any atom is -0.497 e. The number of rotatable bonds is 6. The minimum atomic E-state index is -0.922. The van der Waals surface area contributed by atoms with Crippen LogP contribution in [0.25, 0.3) is 5.00 Å². The fraction of sp³-hybridized carbons (Fsp3) is 0.286. The monoisotopic (exact) mass is 515 g/mol. The molecule has 5 rings (SSSR count). The average Bonchev–Trinajstić information content (AvgIpc) is 3.37. The van der Waals surface area contributed by atoms with Gasteiger partial charge in [0.25, 0.3) is 0 Å². The van der Waals surface area contributed by atoms with Gasteiger partial charge in [0, 0.05) is 40.5 Å². The molecule has 2 aromatic heterocycles. The number of nitrogens with zero attached hydrogens (tertiary/aromatic N) is 5. The average molecular weight is 516 g/mol. The lowest BCUT2D eigenvalue weighted by Crippen LogP contribution is -2.21. The summed E-state index contributed by atoms with van der Waals surface area (Å²) < 4.78 is 7.36. The van der Waals surface area contributed by atoms with E-state index in [1.165, 1.54) is 4.88 Å². The molecular formula is C28H29N5O3S. The van der Waals surface area contributed by atoms with Crippen LogP contribution in [-0.4, -0.2) is 45.7 Å². The van der Waals surface area contributed by atoms with E-state index < -0.39 is 17.9 Å². The van der Waals surface area contributed by atoms with Crippen molar-refractivity contribution in [3.8, 4) is 10.8 Å². The molecule has 0 aliphatic carbocycles. The number of hydrogen-bond acceptors (Lipinski definition) is 7. The molecule has 1 unspecified atom stereocenters. The van der Waals surface area contributed by atoms with Gasteiger partial charge in [-0.2, -0.15) is 0 Å². The molecule has 0 fully saturated rings. The summed E-state index contributed by atoms with van der Waals surface area (Å²) in [5.74, 6) is 0.372. The maximum absolute atomic E-state index is 12.1. The van der Waals surface area contributed by atoms with E-state index in [-0.39, 0.29) is 0 Å². The third-order valence-corrected chi connectivity index (χ3v) is 8.21. The molecule has 3 heterocycles. The zero-order chi connectivity index (χ0) is 26.4. The topological polar surface area (TPSA) is 92.8 Å². The highest BCUT2D eigenvalue weighted by molar-refractivity contribution is 7.15. The Balaban J connectivity index is 1.63. The fourth-order valence-corrected chi connectivity index (χ4v) is 5.84. The summed E-state index contributed by atoms with van der Waals surface area (Å²) in [5.41, 5.74) is 5.83. The van der Waals surface area contributed by atoms with Crippen molar-refractivity contribution in [3.05, 3.63) is 81.7 Å². The zero-order valence-electron chi connectivity index (χ0n) is 21.7. The number of anilines is 2. The van der Waals surface area contributed by atoms with E-state index in [1.54, 1.807) is 25.4 Å². The number of aromatic nitrogens is 3. The Labute approximate surface area is 219 Å². The molecule has 2 atom stereocenters. The second-order valence-electron chi connectivity index (χ2n) is 9.26. The summed E-state index contributed by atoms with van der Waals surface area (Å²) in [4.78, 5) is 20.4. The van der Waals surface area contributed by atoms with E-state index in [2.05, 4.69) is 41.1 Å². The van der Waals surface area contributed by atoms with Crippen LogP contribution in [0.3, 0.4) is 0 Å². The smallest absolute Gasteiger partial charge is 0.308 e. The molecule has 0 bridgehead atoms. The molecule has 0 saturated heterocycles. The number of carboxylic acid groups (broad SMARTS) is 1. The van der Waals surface area contributed by atoms with Crippen LogP contribution in [0.2, 0.25) is 0 Å². The van der Waals surface area contributed by atoms with Crippen molar-refractivity contribution in [2.24, 2.45) is 10.9 Å². The number of benzene rings is 2. The fourth-order valence-electron chi connectivity index (χ4n) is 4.63. The Hall–Kier alpha value is -3.98. The second kappa shape index (κ2) is 9.48. The number of hydrogen-bond donors (Lipinski definition) is 1. The van der Waals surface area contributed by atoms with Crippen LogP contribution in [0.1, 0.15) is 46.2 Å². The normalized spacial score (nSPS) is 15.3. The molecule has 190 valence electrons. The molecule has 1 aliphatic rings. The third kappa shape index (κ3) is 4.19. The highest BCUT2D eigenvalue weighted by Gasteiger charge is 2.36. The van der Waals surface area contributed by atoms with E-state index in [1.807, 2.05) is 54.9 Å². The van der Waals surface area contributed by atoms with Crippen molar-refractivity contribution in [2.75, 3.05) is 19.1 Å². The molecule has 8 nitrogen and oxygen atoms in total. The van der Waals surface area contributed by atoms with Crippen molar-refractivity contribution in [1.29, 1.82) is 0 Å². The van der Waals surface area contributed by atoms with Gasteiger partial charge in [0.05, 0.1) is 18.7 Å². The van der Waals surface area contributed by atoms with Gasteiger partial charge in [0.15, 0.2) is 5.82 Å². The van der Waals surface area contributed by atoms with Crippen molar-refractivity contribution >= 4 is 34.4 Å². The van der Waals surface area contributed by atoms with Crippen LogP contribution in [0.5, 0.6) is 5.75 Å². The molecule has 9 heteroatoms. The van der Waals surface area contributed by atoms with Crippen molar-refractivity contribution in [3.63, 3.8) is 0 Å². The number of thiophene rings is 1. The van der Waals surface area contributed by atoms with Crippen LogP contribution in [0.15, 0.2) is 53.5 Å². The van der Waals surface area contributed by atoms with Gasteiger partial charge in [-0.25, -0.2) is 0 Å². The summed E-state index contributed by atoms with van der Waals surface area (Å²) in [7, 11) is 3.67. The van der Waals surface area contributed by atoms with Gasteiger partial charge in [-0.05, 0) is 57.5 Å². The van der Waals surface area contributed by atoms with Gasteiger partial charge >= 0.3 is 5.97 Å². The first-order valence-electron chi connectivity index (χ1n) is 12.0. The van der Waals surface area contributed by atoms with E-state index >= 15 is 0 Å². The summed E-state index contributed by atoms with van der Waals surface area (Å²) in [6.07, 6.45) is 0.